The number of carbonyl (C=O) groups excluding carboxylic acids is 3. The van der Waals surface area contributed by atoms with Crippen molar-refractivity contribution < 1.29 is 43.2 Å². The van der Waals surface area contributed by atoms with Gasteiger partial charge in [-0.2, -0.15) is 15.0 Å². The molecule has 3 aromatic heterocycles. The van der Waals surface area contributed by atoms with E-state index in [9.17, 15) is 29.0 Å². The Labute approximate surface area is 605 Å². The van der Waals surface area contributed by atoms with Gasteiger partial charge in [-0.1, -0.05) is 49.2 Å². The molecule has 15 rings (SSSR count). The van der Waals surface area contributed by atoms with Crippen molar-refractivity contribution >= 4 is 113 Å². The first-order valence-electron chi connectivity index (χ1n) is 34.4. The second kappa shape index (κ2) is 30.0. The van der Waals surface area contributed by atoms with Crippen LogP contribution in [0.5, 0.6) is 23.3 Å². The number of benzene rings is 4. The van der Waals surface area contributed by atoms with Crippen molar-refractivity contribution in [2.75, 3.05) is 92.0 Å². The third kappa shape index (κ3) is 13.5. The molecule has 100 heavy (non-hydrogen) atoms. The minimum Gasteiger partial charge on any atom is -0.507 e. The zero-order valence-electron chi connectivity index (χ0n) is 57.1. The topological polar surface area (TPSA) is 253 Å². The fourth-order valence-corrected chi connectivity index (χ4v) is 15.9. The van der Waals surface area contributed by atoms with Crippen molar-refractivity contribution in [3.05, 3.63) is 137 Å². The van der Waals surface area contributed by atoms with E-state index in [1.165, 1.54) is 18.9 Å². The van der Waals surface area contributed by atoms with Gasteiger partial charge in [0.1, 0.15) is 23.1 Å². The van der Waals surface area contributed by atoms with Crippen LogP contribution < -0.4 is 39.5 Å². The number of anilines is 5. The molecule has 2 aliphatic carbocycles. The van der Waals surface area contributed by atoms with E-state index < -0.39 is 6.10 Å². The Morgan fingerprint density at radius 3 is 1.79 bits per heavy atom. The number of aliphatic hydroxyl groups excluding tert-OH is 1. The monoisotopic (exact) mass is 1560 g/mol. The number of imidazole rings is 3. The SMILES string of the molecule is CCN1C(=O)c2c(nc(NC3CCCC3)n2Cc2ccc(OC)c(Br)c2)N2CCCN=C12.CCN1C(=O)c2c(nc(N[C@@H]3CCC[C@H]3O)n2Cc2ccc(OC)c(Br)c2)N2C1=NCC2C.CCOc1nc2c(n1Cc1ccc(O)c(Br)c1)C(=O)N(CC)C1=N[C@H](Cc3ccccc3F)CN12. The molecule has 0 bridgehead atoms. The van der Waals surface area contributed by atoms with Crippen molar-refractivity contribution in [3.63, 3.8) is 0 Å². The zero-order chi connectivity index (χ0) is 70.2. The van der Waals surface area contributed by atoms with E-state index in [2.05, 4.69) is 89.7 Å². The molecule has 1 unspecified atom stereocenters. The number of hydrogen-bond donors (Lipinski definition) is 4. The van der Waals surface area contributed by atoms with Gasteiger partial charge < -0.3 is 35.1 Å². The van der Waals surface area contributed by atoms with E-state index in [0.717, 1.165) is 106 Å². The van der Waals surface area contributed by atoms with Crippen molar-refractivity contribution in [2.24, 2.45) is 15.0 Å². The lowest BCUT2D eigenvalue weighted by Crippen LogP contribution is -2.54. The largest absolute Gasteiger partial charge is 0.507 e. The van der Waals surface area contributed by atoms with Crippen molar-refractivity contribution in [1.29, 1.82) is 0 Å². The van der Waals surface area contributed by atoms with E-state index >= 15 is 0 Å². The summed E-state index contributed by atoms with van der Waals surface area (Å²) in [5, 5.41) is 27.4. The molecular formula is C71H83Br3FN17O8. The fourth-order valence-electron chi connectivity index (χ4n) is 14.3. The third-order valence-corrected chi connectivity index (χ3v) is 21.2. The normalized spacial score (nSPS) is 19.8. The Balaban J connectivity index is 0.000000135. The molecule has 0 radical (unpaired) electrons. The molecule has 8 aliphatic rings. The predicted molar refractivity (Wildman–Crippen MR) is 393 cm³/mol. The van der Waals surface area contributed by atoms with Gasteiger partial charge in [0, 0.05) is 38.8 Å². The first-order chi connectivity index (χ1) is 48.4. The van der Waals surface area contributed by atoms with Gasteiger partial charge in [0.15, 0.2) is 34.5 Å². The minimum atomic E-state index is -0.423. The van der Waals surface area contributed by atoms with Gasteiger partial charge >= 0.3 is 0 Å². The number of phenols is 1. The maximum absolute atomic E-state index is 14.3. The van der Waals surface area contributed by atoms with Crippen molar-refractivity contribution in [1.82, 2.24) is 43.4 Å². The first kappa shape index (κ1) is 69.9. The first-order valence-corrected chi connectivity index (χ1v) is 36.8. The number of nitrogens with zero attached hydrogens (tertiary/aromatic N) is 15. The number of aliphatic hydroxyl groups is 1. The predicted octanol–water partition coefficient (Wildman–Crippen LogP) is 11.4. The summed E-state index contributed by atoms with van der Waals surface area (Å²) in [4.78, 5) is 80.9. The molecule has 3 amide bonds. The summed E-state index contributed by atoms with van der Waals surface area (Å²) >= 11 is 10.5. The highest BCUT2D eigenvalue weighted by atomic mass is 79.9. The Kier molecular flexibility index (Phi) is 20.9. The number of aliphatic imine (C=N–C) groups is 3. The summed E-state index contributed by atoms with van der Waals surface area (Å²) in [6.07, 6.45) is 8.30. The molecule has 4 atom stereocenters. The Morgan fingerprint density at radius 2 is 1.19 bits per heavy atom. The third-order valence-electron chi connectivity index (χ3n) is 19.3. The number of aromatic nitrogens is 6. The van der Waals surface area contributed by atoms with Gasteiger partial charge in [0.05, 0.1) is 91.2 Å². The molecule has 6 aliphatic heterocycles. The summed E-state index contributed by atoms with van der Waals surface area (Å²) in [7, 11) is 3.29. The van der Waals surface area contributed by atoms with Gasteiger partial charge in [0.25, 0.3) is 23.7 Å². The summed E-state index contributed by atoms with van der Waals surface area (Å²) in [6, 6.07) is 24.3. The quantitative estimate of drug-likeness (QED) is 0.0587. The molecular weight excluding hydrogens is 1480 g/mol. The number of amides is 3. The van der Waals surface area contributed by atoms with Crippen LogP contribution in [0, 0.1) is 5.82 Å². The van der Waals surface area contributed by atoms with Gasteiger partial charge in [-0.05, 0) is 192 Å². The molecule has 2 saturated carbocycles. The number of hydrogen-bond acceptors (Lipinski definition) is 19. The van der Waals surface area contributed by atoms with Crippen LogP contribution in [0.15, 0.2) is 107 Å². The second-order valence-electron chi connectivity index (χ2n) is 25.8. The maximum atomic E-state index is 14.3. The van der Waals surface area contributed by atoms with Crippen LogP contribution in [0.2, 0.25) is 0 Å². The number of fused-ring (bicyclic) bond motifs is 9. The van der Waals surface area contributed by atoms with Crippen LogP contribution in [0.4, 0.5) is 33.7 Å². The number of rotatable bonds is 19. The summed E-state index contributed by atoms with van der Waals surface area (Å²) < 4.78 is 38.9. The molecule has 2 fully saturated rings. The van der Waals surface area contributed by atoms with E-state index in [1.54, 1.807) is 63.8 Å². The summed E-state index contributed by atoms with van der Waals surface area (Å²) in [5.74, 6) is 6.25. The molecule has 9 heterocycles. The van der Waals surface area contributed by atoms with E-state index in [0.29, 0.717) is 134 Å². The van der Waals surface area contributed by atoms with Crippen LogP contribution in [0.1, 0.15) is 140 Å². The second-order valence-corrected chi connectivity index (χ2v) is 28.3. The van der Waals surface area contributed by atoms with E-state index in [-0.39, 0.29) is 47.4 Å². The van der Waals surface area contributed by atoms with Crippen LogP contribution in [0.25, 0.3) is 0 Å². The molecule has 4 N–H and O–H groups in total. The van der Waals surface area contributed by atoms with Gasteiger partial charge in [-0.25, -0.2) is 9.38 Å². The number of carbonyl (C=O) groups is 3. The average Bonchev–Trinajstić information content (AvgIpc) is 1.59. The highest BCUT2D eigenvalue weighted by Crippen LogP contribution is 2.41. The summed E-state index contributed by atoms with van der Waals surface area (Å²) in [5.41, 5.74) is 5.14. The van der Waals surface area contributed by atoms with Crippen LogP contribution in [-0.2, 0) is 26.1 Å². The number of nitrogens with one attached hydrogen (secondary N) is 2. The number of phenolic OH excluding ortho intramolecular Hbond substituents is 1. The maximum Gasteiger partial charge on any atom is 0.299 e. The molecule has 25 nitrogen and oxygen atoms in total. The van der Waals surface area contributed by atoms with E-state index in [1.807, 2.05) is 79.6 Å². The lowest BCUT2D eigenvalue weighted by atomic mass is 10.1. The smallest absolute Gasteiger partial charge is 0.299 e. The van der Waals surface area contributed by atoms with Crippen LogP contribution in [0.3, 0.4) is 0 Å². The Hall–Kier alpha value is -8.54. The molecule has 0 saturated heterocycles. The fraction of sp³-hybridized carbons (Fsp3) is 0.451. The number of ether oxygens (including phenoxy) is 3. The average molecular weight is 1560 g/mol. The highest BCUT2D eigenvalue weighted by Gasteiger charge is 2.47. The van der Waals surface area contributed by atoms with Crippen LogP contribution >= 0.6 is 47.8 Å². The zero-order valence-corrected chi connectivity index (χ0v) is 61.9. The van der Waals surface area contributed by atoms with Crippen LogP contribution in [-0.4, -0.2) is 186 Å². The molecule has 7 aromatic rings. The lowest BCUT2D eigenvalue weighted by Gasteiger charge is -2.38. The standard InChI is InChI=1S/C25H25BrFN5O3.C23H29BrN6O3.C23H29BrN6O2/c1-3-30-23(34)21-22(32-14-17(28-24(30)32)12-16-7-5-6-8-19(16)27)29-25(35-4-2)31(21)13-15-9-10-20(33)18(26)11-15;1-4-28-21(32)19-20(30-13(2)11-25-23(28)30)27-22(26-16-6-5-7-17(16)31)29(19)12-14-8-9-18(33-3)15(24)10-14;1-3-28-21(31)19-20(29-12-6-11-25-23(28)29)27-22(26-16-7-4-5-8-16)30(19)14-15-9-10-18(32-2)17(24)13-15/h5-11,17,33H,3-4,12-14H2,1-2H3;8-10,13,16-17,31H,4-7,11-12H2,1-3H3,(H,26,27);9-10,13,16H,3-8,11-12,14H2,1-2H3,(H,26,27)/t17-;13?,16-,17-;/m11./s1. The van der Waals surface area contributed by atoms with Crippen molar-refractivity contribution in [2.45, 2.75) is 142 Å². The Morgan fingerprint density at radius 1 is 0.620 bits per heavy atom. The number of halogens is 4. The number of methoxy groups -OCH3 is 2. The number of aromatic hydroxyl groups is 1. The molecule has 528 valence electrons. The molecule has 4 aromatic carbocycles. The van der Waals surface area contributed by atoms with Crippen molar-refractivity contribution in [3.8, 4) is 23.3 Å². The minimum absolute atomic E-state index is 0.0288. The molecule has 0 spiro atoms. The highest BCUT2D eigenvalue weighted by molar-refractivity contribution is 9.11. The Bertz CT molecular complexity index is 4360. The van der Waals surface area contributed by atoms with Gasteiger partial charge in [0.2, 0.25) is 29.8 Å². The van der Waals surface area contributed by atoms with E-state index in [4.69, 9.17) is 34.2 Å². The lowest BCUT2D eigenvalue weighted by molar-refractivity contribution is 0.0826. The summed E-state index contributed by atoms with van der Waals surface area (Å²) in [6.45, 7) is 15.8. The van der Waals surface area contributed by atoms with Gasteiger partial charge in [-0.3, -0.25) is 67.5 Å². The number of guanidine groups is 3. The van der Waals surface area contributed by atoms with Gasteiger partial charge in [-0.15, -0.1) is 0 Å². The molecule has 29 heteroatoms.